The number of hydrogen-bond donors (Lipinski definition) is 0. The number of likely N-dealkylation sites (tertiary alicyclic amines) is 2. The minimum absolute atomic E-state index is 0.0253. The third kappa shape index (κ3) is 3.96. The van der Waals surface area contributed by atoms with Gasteiger partial charge in [0.15, 0.2) is 11.5 Å². The van der Waals surface area contributed by atoms with Crippen LogP contribution in [0, 0.1) is 0 Å². The summed E-state index contributed by atoms with van der Waals surface area (Å²) in [5.41, 5.74) is 0.575. The lowest BCUT2D eigenvalue weighted by molar-refractivity contribution is 0.0145. The highest BCUT2D eigenvalue weighted by atomic mass is 16.5. The van der Waals surface area contributed by atoms with Crippen LogP contribution in [-0.2, 0) is 4.74 Å². The Morgan fingerprint density at radius 1 is 0.962 bits per heavy atom. The number of benzene rings is 1. The van der Waals surface area contributed by atoms with Crippen LogP contribution in [0.25, 0.3) is 0 Å². The zero-order valence-corrected chi connectivity index (χ0v) is 16.1. The molecule has 0 N–H and O–H groups in total. The molecule has 3 rings (SSSR count). The molecule has 144 valence electrons. The summed E-state index contributed by atoms with van der Waals surface area (Å²) in [4.78, 5) is 17.5. The van der Waals surface area contributed by atoms with Crippen LogP contribution < -0.4 is 9.47 Å². The predicted octanol–water partition coefficient (Wildman–Crippen LogP) is 2.42. The molecule has 6 nitrogen and oxygen atoms in total. The normalized spacial score (nSPS) is 20.2. The molecule has 2 aliphatic heterocycles. The molecule has 0 saturated carbocycles. The van der Waals surface area contributed by atoms with E-state index in [1.54, 1.807) is 21.3 Å². The number of nitrogens with zero attached hydrogens (tertiary/aromatic N) is 2. The molecule has 2 saturated heterocycles. The first-order valence-corrected chi connectivity index (χ1v) is 9.45. The van der Waals surface area contributed by atoms with Gasteiger partial charge in [-0.05, 0) is 37.8 Å². The zero-order valence-electron chi connectivity index (χ0n) is 16.1. The van der Waals surface area contributed by atoms with Crippen molar-refractivity contribution in [1.82, 2.24) is 9.80 Å². The van der Waals surface area contributed by atoms with Crippen LogP contribution in [0.1, 0.15) is 36.0 Å². The summed E-state index contributed by atoms with van der Waals surface area (Å²) >= 11 is 0. The molecule has 0 atom stereocenters. The number of ether oxygens (including phenoxy) is 3. The highest BCUT2D eigenvalue weighted by Gasteiger charge is 2.31. The Bertz CT molecular complexity index is 606. The molecular formula is C20H30N2O4. The van der Waals surface area contributed by atoms with Crippen LogP contribution in [0.15, 0.2) is 18.2 Å². The van der Waals surface area contributed by atoms with Crippen molar-refractivity contribution >= 4 is 5.91 Å². The van der Waals surface area contributed by atoms with E-state index in [0.717, 1.165) is 51.9 Å². The van der Waals surface area contributed by atoms with Crippen molar-refractivity contribution in [3.8, 4) is 11.5 Å². The Balaban J connectivity index is 1.59. The summed E-state index contributed by atoms with van der Waals surface area (Å²) in [5.74, 6) is 1.13. The lowest BCUT2D eigenvalue weighted by atomic mass is 9.98. The summed E-state index contributed by atoms with van der Waals surface area (Å²) in [7, 11) is 4.96. The van der Waals surface area contributed by atoms with E-state index < -0.39 is 0 Å². The molecule has 6 heteroatoms. The molecule has 0 unspecified atom stereocenters. The lowest BCUT2D eigenvalue weighted by Gasteiger charge is -2.41. The van der Waals surface area contributed by atoms with Gasteiger partial charge in [0, 0.05) is 39.3 Å². The highest BCUT2D eigenvalue weighted by molar-refractivity contribution is 5.97. The predicted molar refractivity (Wildman–Crippen MR) is 100 cm³/mol. The van der Waals surface area contributed by atoms with Gasteiger partial charge in [0.05, 0.1) is 25.9 Å². The van der Waals surface area contributed by atoms with Gasteiger partial charge in [0.25, 0.3) is 5.91 Å². The number of para-hydroxylation sites is 1. The molecule has 1 aromatic rings. The van der Waals surface area contributed by atoms with Gasteiger partial charge in [0.1, 0.15) is 0 Å². The molecule has 2 aliphatic rings. The molecule has 26 heavy (non-hydrogen) atoms. The SMILES string of the molecule is COc1cccc(C(=O)N2CCC(N3CCC(OC)CC3)CC2)c1OC. The van der Waals surface area contributed by atoms with Crippen molar-refractivity contribution in [1.29, 1.82) is 0 Å². The fourth-order valence-corrected chi connectivity index (χ4v) is 4.14. The zero-order chi connectivity index (χ0) is 18.5. The topological polar surface area (TPSA) is 51.2 Å². The van der Waals surface area contributed by atoms with Crippen molar-refractivity contribution in [3.63, 3.8) is 0 Å². The maximum atomic E-state index is 13.0. The average molecular weight is 362 g/mol. The van der Waals surface area contributed by atoms with Gasteiger partial charge >= 0.3 is 0 Å². The van der Waals surface area contributed by atoms with E-state index in [1.807, 2.05) is 23.1 Å². The summed E-state index contributed by atoms with van der Waals surface area (Å²) < 4.78 is 16.2. The highest BCUT2D eigenvalue weighted by Crippen LogP contribution is 2.32. The Morgan fingerprint density at radius 3 is 2.23 bits per heavy atom. The summed E-state index contributed by atoms with van der Waals surface area (Å²) in [6.45, 7) is 3.77. The molecular weight excluding hydrogens is 332 g/mol. The maximum Gasteiger partial charge on any atom is 0.257 e. The third-order valence-corrected chi connectivity index (χ3v) is 5.71. The number of rotatable bonds is 5. The van der Waals surface area contributed by atoms with E-state index in [1.165, 1.54) is 0 Å². The van der Waals surface area contributed by atoms with Crippen molar-refractivity contribution in [2.24, 2.45) is 0 Å². The van der Waals surface area contributed by atoms with Crippen LogP contribution in [0.2, 0.25) is 0 Å². The van der Waals surface area contributed by atoms with E-state index in [2.05, 4.69) is 4.90 Å². The number of hydrogen-bond acceptors (Lipinski definition) is 5. The standard InChI is InChI=1S/C20H30N2O4/c1-24-16-9-13-21(14-10-16)15-7-11-22(12-8-15)20(23)17-5-4-6-18(25-2)19(17)26-3/h4-6,15-16H,7-14H2,1-3H3. The number of carbonyl (C=O) groups is 1. The van der Waals surface area contributed by atoms with Crippen molar-refractivity contribution in [2.45, 2.75) is 37.8 Å². The molecule has 0 radical (unpaired) electrons. The molecule has 2 heterocycles. The van der Waals surface area contributed by atoms with Crippen molar-refractivity contribution in [3.05, 3.63) is 23.8 Å². The second-order valence-electron chi connectivity index (χ2n) is 7.04. The van der Waals surface area contributed by atoms with Crippen LogP contribution in [0.4, 0.5) is 0 Å². The molecule has 2 fully saturated rings. The molecule has 0 aromatic heterocycles. The fraction of sp³-hybridized carbons (Fsp3) is 0.650. The summed E-state index contributed by atoms with van der Waals surface area (Å²) in [6.07, 6.45) is 4.67. The molecule has 1 amide bonds. The smallest absolute Gasteiger partial charge is 0.257 e. The van der Waals surface area contributed by atoms with E-state index in [0.29, 0.717) is 29.2 Å². The van der Waals surface area contributed by atoms with Crippen LogP contribution in [0.5, 0.6) is 11.5 Å². The minimum atomic E-state index is 0.0253. The van der Waals surface area contributed by atoms with Gasteiger partial charge in [-0.15, -0.1) is 0 Å². The van der Waals surface area contributed by atoms with Crippen LogP contribution in [0.3, 0.4) is 0 Å². The summed E-state index contributed by atoms with van der Waals surface area (Å²) in [5, 5.41) is 0. The van der Waals surface area contributed by atoms with Gasteiger partial charge in [-0.1, -0.05) is 6.07 Å². The van der Waals surface area contributed by atoms with E-state index in [4.69, 9.17) is 14.2 Å². The average Bonchev–Trinajstić information content (AvgIpc) is 2.72. The molecule has 1 aromatic carbocycles. The van der Waals surface area contributed by atoms with Crippen LogP contribution in [-0.4, -0.2) is 75.4 Å². The summed E-state index contributed by atoms with van der Waals surface area (Å²) in [6, 6.07) is 6.03. The number of piperidine rings is 2. The quantitative estimate of drug-likeness (QED) is 0.805. The number of amides is 1. The second kappa shape index (κ2) is 8.73. The Hall–Kier alpha value is -1.79. The second-order valence-corrected chi connectivity index (χ2v) is 7.04. The monoisotopic (exact) mass is 362 g/mol. The largest absolute Gasteiger partial charge is 0.493 e. The van der Waals surface area contributed by atoms with Gasteiger partial charge in [-0.2, -0.15) is 0 Å². The number of methoxy groups -OCH3 is 3. The first-order valence-electron chi connectivity index (χ1n) is 9.45. The Kier molecular flexibility index (Phi) is 6.38. The van der Waals surface area contributed by atoms with Gasteiger partial charge < -0.3 is 24.0 Å². The first kappa shape index (κ1) is 19.0. The van der Waals surface area contributed by atoms with E-state index in [9.17, 15) is 4.79 Å². The maximum absolute atomic E-state index is 13.0. The van der Waals surface area contributed by atoms with E-state index >= 15 is 0 Å². The molecule has 0 spiro atoms. The molecule has 0 aliphatic carbocycles. The van der Waals surface area contributed by atoms with Crippen molar-refractivity contribution < 1.29 is 19.0 Å². The van der Waals surface area contributed by atoms with Gasteiger partial charge in [-0.25, -0.2) is 0 Å². The van der Waals surface area contributed by atoms with Gasteiger partial charge in [0.2, 0.25) is 0 Å². The van der Waals surface area contributed by atoms with E-state index in [-0.39, 0.29) is 5.91 Å². The van der Waals surface area contributed by atoms with Crippen LogP contribution >= 0.6 is 0 Å². The molecule has 0 bridgehead atoms. The third-order valence-electron chi connectivity index (χ3n) is 5.71. The lowest BCUT2D eigenvalue weighted by Crippen LogP contribution is -2.49. The van der Waals surface area contributed by atoms with Gasteiger partial charge in [-0.3, -0.25) is 4.79 Å². The first-order chi connectivity index (χ1) is 12.7. The van der Waals surface area contributed by atoms with Crippen molar-refractivity contribution in [2.75, 3.05) is 47.5 Å². The fourth-order valence-electron chi connectivity index (χ4n) is 4.14. The minimum Gasteiger partial charge on any atom is -0.493 e. The number of carbonyl (C=O) groups excluding carboxylic acids is 1. The Labute approximate surface area is 156 Å². The Morgan fingerprint density at radius 2 is 1.65 bits per heavy atom.